The summed E-state index contributed by atoms with van der Waals surface area (Å²) in [4.78, 5) is 22.4. The molecule has 11 heteroatoms. The quantitative estimate of drug-likeness (QED) is 0.484. The van der Waals surface area contributed by atoms with E-state index in [1.165, 1.54) is 4.90 Å². The lowest BCUT2D eigenvalue weighted by atomic mass is 10.2. The molecule has 172 valence electrons. The Kier molecular flexibility index (Phi) is 6.26. The fourth-order valence-electron chi connectivity index (χ4n) is 3.19. The highest BCUT2D eigenvalue weighted by atomic mass is 79.9. The van der Waals surface area contributed by atoms with Crippen LogP contribution in [0.5, 0.6) is 5.75 Å². The molecule has 1 aliphatic rings. The Morgan fingerprint density at radius 2 is 1.91 bits per heavy atom. The molecule has 0 spiro atoms. The van der Waals surface area contributed by atoms with Gasteiger partial charge < -0.3 is 20.3 Å². The van der Waals surface area contributed by atoms with Crippen LogP contribution in [0.15, 0.2) is 58.0 Å². The number of carbonyl (C=O) groups excluding carboxylic acids is 1. The van der Waals surface area contributed by atoms with Gasteiger partial charge in [-0.1, -0.05) is 12.1 Å². The van der Waals surface area contributed by atoms with Crippen LogP contribution in [-0.2, 0) is 14.6 Å². The first-order chi connectivity index (χ1) is 15.7. The van der Waals surface area contributed by atoms with E-state index in [1.54, 1.807) is 69.6 Å². The van der Waals surface area contributed by atoms with Crippen LogP contribution < -0.4 is 20.3 Å². The highest BCUT2D eigenvalue weighted by Gasteiger charge is 2.24. The normalized spacial score (nSPS) is 13.5. The molecular weight excluding hydrogens is 510 g/mol. The number of nitrogens with zero attached hydrogens (tertiary/aromatic N) is 3. The molecule has 0 bridgehead atoms. The van der Waals surface area contributed by atoms with Crippen molar-refractivity contribution in [3.05, 3.63) is 53.1 Å². The Morgan fingerprint density at radius 1 is 1.15 bits per heavy atom. The summed E-state index contributed by atoms with van der Waals surface area (Å²) in [5, 5.41) is 5.65. The molecule has 4 rings (SSSR count). The Bertz CT molecular complexity index is 1330. The number of benzene rings is 2. The number of anilines is 5. The van der Waals surface area contributed by atoms with Crippen molar-refractivity contribution in [2.45, 2.75) is 24.0 Å². The van der Waals surface area contributed by atoms with Crippen LogP contribution in [0.1, 0.15) is 13.8 Å². The van der Waals surface area contributed by atoms with Crippen molar-refractivity contribution in [2.24, 2.45) is 0 Å². The number of carbonyl (C=O) groups is 1. The van der Waals surface area contributed by atoms with Gasteiger partial charge in [-0.2, -0.15) is 4.98 Å². The molecule has 0 radical (unpaired) electrons. The average molecular weight is 532 g/mol. The first kappa shape index (κ1) is 23.0. The average Bonchev–Trinajstić information content (AvgIpc) is 2.79. The third kappa shape index (κ3) is 4.64. The number of halogens is 1. The number of hydrogen-bond donors (Lipinski definition) is 2. The second kappa shape index (κ2) is 8.99. The third-order valence-corrected chi connectivity index (χ3v) is 7.90. The number of para-hydroxylation sites is 1. The van der Waals surface area contributed by atoms with E-state index < -0.39 is 15.1 Å². The number of nitrogens with one attached hydrogen (secondary N) is 2. The number of sulfone groups is 1. The number of likely N-dealkylation sites (N-methyl/N-ethyl adjacent to an activating group) is 1. The predicted molar refractivity (Wildman–Crippen MR) is 130 cm³/mol. The molecule has 1 aliphatic heterocycles. The van der Waals surface area contributed by atoms with Crippen LogP contribution in [0.3, 0.4) is 0 Å². The summed E-state index contributed by atoms with van der Waals surface area (Å²) in [5.41, 5.74) is 1.72. The number of amides is 1. The minimum Gasteiger partial charge on any atom is -0.482 e. The van der Waals surface area contributed by atoms with Gasteiger partial charge in [0.05, 0.1) is 26.0 Å². The number of fused-ring (bicyclic) bond motifs is 1. The molecule has 0 fully saturated rings. The monoisotopic (exact) mass is 531 g/mol. The Morgan fingerprint density at radius 3 is 2.67 bits per heavy atom. The van der Waals surface area contributed by atoms with E-state index in [0.717, 1.165) is 0 Å². The van der Waals surface area contributed by atoms with E-state index in [-0.39, 0.29) is 23.4 Å². The summed E-state index contributed by atoms with van der Waals surface area (Å²) in [6.07, 6.45) is 1.56. The zero-order valence-electron chi connectivity index (χ0n) is 18.2. The Hall–Kier alpha value is -3.18. The molecule has 0 unspecified atom stereocenters. The van der Waals surface area contributed by atoms with Crippen LogP contribution >= 0.6 is 15.9 Å². The SMILES string of the molecule is CC(C)S(=O)(=O)c1ccccc1Nc1nc(Nc2ccc3c(c2)N(C)C(=O)CO3)ncc1Br. The van der Waals surface area contributed by atoms with Gasteiger partial charge in [0, 0.05) is 18.9 Å². The van der Waals surface area contributed by atoms with Gasteiger partial charge in [0.2, 0.25) is 5.95 Å². The van der Waals surface area contributed by atoms with Gasteiger partial charge >= 0.3 is 0 Å². The fraction of sp³-hybridized carbons (Fsp3) is 0.227. The summed E-state index contributed by atoms with van der Waals surface area (Å²) in [5.74, 6) is 1.16. The molecule has 2 N–H and O–H groups in total. The zero-order chi connectivity index (χ0) is 23.8. The summed E-state index contributed by atoms with van der Waals surface area (Å²) in [7, 11) is -1.81. The largest absolute Gasteiger partial charge is 0.482 e. The van der Waals surface area contributed by atoms with Gasteiger partial charge in [-0.05, 0) is 60.1 Å². The molecule has 33 heavy (non-hydrogen) atoms. The maximum Gasteiger partial charge on any atom is 0.264 e. The molecule has 0 saturated carbocycles. The van der Waals surface area contributed by atoms with Gasteiger partial charge in [-0.15, -0.1) is 0 Å². The summed E-state index contributed by atoms with van der Waals surface area (Å²) in [6.45, 7) is 3.29. The third-order valence-electron chi connectivity index (χ3n) is 5.11. The van der Waals surface area contributed by atoms with Gasteiger partial charge in [0.1, 0.15) is 11.6 Å². The highest BCUT2D eigenvalue weighted by Crippen LogP contribution is 2.35. The van der Waals surface area contributed by atoms with Crippen molar-refractivity contribution in [2.75, 3.05) is 29.2 Å². The van der Waals surface area contributed by atoms with Crippen LogP contribution in [-0.4, -0.2) is 43.2 Å². The van der Waals surface area contributed by atoms with E-state index in [9.17, 15) is 13.2 Å². The van der Waals surface area contributed by atoms with Crippen molar-refractivity contribution in [3.8, 4) is 5.75 Å². The van der Waals surface area contributed by atoms with Crippen LogP contribution in [0.2, 0.25) is 0 Å². The minimum atomic E-state index is -3.50. The van der Waals surface area contributed by atoms with E-state index in [0.29, 0.717) is 33.1 Å². The molecule has 9 nitrogen and oxygen atoms in total. The van der Waals surface area contributed by atoms with Crippen molar-refractivity contribution in [1.29, 1.82) is 0 Å². The summed E-state index contributed by atoms with van der Waals surface area (Å²) < 4.78 is 31.6. The van der Waals surface area contributed by atoms with Crippen molar-refractivity contribution in [3.63, 3.8) is 0 Å². The summed E-state index contributed by atoms with van der Waals surface area (Å²) >= 11 is 3.42. The molecule has 0 atom stereocenters. The summed E-state index contributed by atoms with van der Waals surface area (Å²) in [6, 6.07) is 12.0. The lowest BCUT2D eigenvalue weighted by Crippen LogP contribution is -2.35. The highest BCUT2D eigenvalue weighted by molar-refractivity contribution is 9.10. The van der Waals surface area contributed by atoms with E-state index in [2.05, 4.69) is 36.5 Å². The molecule has 1 aromatic heterocycles. The first-order valence-corrected chi connectivity index (χ1v) is 12.4. The second-order valence-electron chi connectivity index (χ2n) is 7.65. The minimum absolute atomic E-state index is 0.00906. The molecule has 1 amide bonds. The lowest BCUT2D eigenvalue weighted by Gasteiger charge is -2.26. The van der Waals surface area contributed by atoms with Crippen molar-refractivity contribution < 1.29 is 17.9 Å². The maximum absolute atomic E-state index is 12.8. The van der Waals surface area contributed by atoms with Crippen LogP contribution in [0.4, 0.5) is 28.8 Å². The lowest BCUT2D eigenvalue weighted by molar-refractivity contribution is -0.120. The number of aromatic nitrogens is 2. The van der Waals surface area contributed by atoms with E-state index in [4.69, 9.17) is 4.74 Å². The number of rotatable bonds is 6. The van der Waals surface area contributed by atoms with E-state index in [1.807, 2.05) is 0 Å². The van der Waals surface area contributed by atoms with E-state index >= 15 is 0 Å². The van der Waals surface area contributed by atoms with Gasteiger partial charge in [-0.25, -0.2) is 13.4 Å². The number of ether oxygens (including phenoxy) is 1. The topological polar surface area (TPSA) is 114 Å². The van der Waals surface area contributed by atoms with Gasteiger partial charge in [-0.3, -0.25) is 4.79 Å². The Balaban J connectivity index is 1.63. The molecule has 3 aromatic rings. The maximum atomic E-state index is 12.8. The molecular formula is C22H22BrN5O4S. The predicted octanol–water partition coefficient (Wildman–Crippen LogP) is 4.26. The second-order valence-corrected chi connectivity index (χ2v) is 11.0. The Labute approximate surface area is 200 Å². The number of hydrogen-bond acceptors (Lipinski definition) is 8. The molecule has 0 aliphatic carbocycles. The van der Waals surface area contributed by atoms with Gasteiger partial charge in [0.25, 0.3) is 5.91 Å². The molecule has 0 saturated heterocycles. The fourth-order valence-corrected chi connectivity index (χ4v) is 4.69. The zero-order valence-corrected chi connectivity index (χ0v) is 20.6. The van der Waals surface area contributed by atoms with Crippen LogP contribution in [0.25, 0.3) is 0 Å². The molecule has 2 heterocycles. The smallest absolute Gasteiger partial charge is 0.264 e. The van der Waals surface area contributed by atoms with Crippen LogP contribution in [0, 0.1) is 0 Å². The standard InChI is InChI=1S/C22H22BrN5O4S/c1-13(2)33(30,31)19-7-5-4-6-16(19)26-21-15(23)11-24-22(27-21)25-14-8-9-18-17(10-14)28(3)20(29)12-32-18/h4-11,13H,12H2,1-3H3,(H2,24,25,26,27). The first-order valence-electron chi connectivity index (χ1n) is 10.1. The van der Waals surface area contributed by atoms with Gasteiger partial charge in [0.15, 0.2) is 16.4 Å². The molecule has 2 aromatic carbocycles. The van der Waals surface area contributed by atoms with Crippen molar-refractivity contribution in [1.82, 2.24) is 9.97 Å². The van der Waals surface area contributed by atoms with Crippen molar-refractivity contribution >= 4 is 60.5 Å².